The highest BCUT2D eigenvalue weighted by atomic mass is 35.5. The third-order valence-corrected chi connectivity index (χ3v) is 5.90. The summed E-state index contributed by atoms with van der Waals surface area (Å²) >= 11 is 6.47. The third-order valence-electron chi connectivity index (χ3n) is 5.59. The molecule has 0 aliphatic carbocycles. The lowest BCUT2D eigenvalue weighted by molar-refractivity contribution is 0.100. The lowest BCUT2D eigenvalue weighted by Crippen LogP contribution is -2.25. The zero-order chi connectivity index (χ0) is 25.3. The molecule has 1 amide bonds. The van der Waals surface area contributed by atoms with E-state index in [-0.39, 0.29) is 29.9 Å². The number of fused-ring (bicyclic) bond motifs is 1. The van der Waals surface area contributed by atoms with Crippen molar-refractivity contribution in [3.63, 3.8) is 0 Å². The standard InChI is InChI=1S/C22H26ClN7O2/c1-4-29-12-27-18-7-13(16(23)9-19(18)29)5-6-17-20(21(24)31)22(25-2)30(28-17)15-8-14(11-32-3)26-10-15/h7,9,12,14-15,25-26H,4,8,10-11H2,1-3H3,(H2,24,31)/t14-,15+/m1/s1/i3D3. The second-order valence-corrected chi connectivity index (χ2v) is 7.95. The topological polar surface area (TPSA) is 112 Å². The molecule has 1 saturated heterocycles. The van der Waals surface area contributed by atoms with Crippen LogP contribution >= 0.6 is 11.6 Å². The minimum absolute atomic E-state index is 0.0350. The van der Waals surface area contributed by atoms with Gasteiger partial charge in [0.15, 0.2) is 5.69 Å². The first-order chi connectivity index (χ1) is 16.6. The van der Waals surface area contributed by atoms with Gasteiger partial charge in [0, 0.05) is 38.8 Å². The number of benzene rings is 1. The van der Waals surface area contributed by atoms with E-state index in [9.17, 15) is 4.79 Å². The first kappa shape index (κ1) is 18.5. The van der Waals surface area contributed by atoms with Gasteiger partial charge in [-0.1, -0.05) is 17.5 Å². The van der Waals surface area contributed by atoms with E-state index >= 15 is 0 Å². The maximum absolute atomic E-state index is 12.3. The first-order valence-corrected chi connectivity index (χ1v) is 10.6. The summed E-state index contributed by atoms with van der Waals surface area (Å²) in [4.78, 5) is 16.7. The Kier molecular flexibility index (Phi) is 5.32. The molecule has 1 aromatic carbocycles. The fourth-order valence-electron chi connectivity index (χ4n) is 4.02. The molecule has 32 heavy (non-hydrogen) atoms. The van der Waals surface area contributed by atoms with Crippen LogP contribution in [0, 0.1) is 11.8 Å². The van der Waals surface area contributed by atoms with Crippen LogP contribution in [0.1, 0.15) is 45.1 Å². The predicted octanol–water partition coefficient (Wildman–Crippen LogP) is 2.00. The molecule has 0 bridgehead atoms. The van der Waals surface area contributed by atoms with Crippen molar-refractivity contribution in [2.45, 2.75) is 32.0 Å². The van der Waals surface area contributed by atoms with Crippen molar-refractivity contribution in [1.29, 1.82) is 0 Å². The monoisotopic (exact) mass is 458 g/mol. The number of hydrogen-bond donors (Lipinski definition) is 3. The highest BCUT2D eigenvalue weighted by Crippen LogP contribution is 2.28. The Bertz CT molecular complexity index is 1320. The number of hydrogen-bond acceptors (Lipinski definition) is 6. The minimum Gasteiger partial charge on any atom is -0.383 e. The van der Waals surface area contributed by atoms with Gasteiger partial charge in [-0.05, 0) is 31.4 Å². The van der Waals surface area contributed by atoms with Crippen molar-refractivity contribution >= 4 is 34.4 Å². The number of nitrogens with two attached hydrogens (primary N) is 1. The van der Waals surface area contributed by atoms with Crippen molar-refractivity contribution in [1.82, 2.24) is 24.6 Å². The van der Waals surface area contributed by atoms with E-state index in [1.54, 1.807) is 24.1 Å². The van der Waals surface area contributed by atoms with Crippen molar-refractivity contribution in [3.8, 4) is 11.8 Å². The number of imidazole rings is 1. The summed E-state index contributed by atoms with van der Waals surface area (Å²) in [7, 11) is -0.786. The number of rotatable bonds is 6. The molecule has 0 saturated carbocycles. The third kappa shape index (κ3) is 4.05. The average molecular weight is 459 g/mol. The number of ether oxygens (including phenoxy) is 1. The van der Waals surface area contributed by atoms with Crippen LogP contribution in [-0.4, -0.2) is 58.5 Å². The number of anilines is 1. The fraction of sp³-hybridized carbons (Fsp3) is 0.409. The van der Waals surface area contributed by atoms with Crippen LogP contribution in [0.15, 0.2) is 18.5 Å². The zero-order valence-corrected chi connectivity index (χ0v) is 18.5. The average Bonchev–Trinajstić information content (AvgIpc) is 3.51. The number of carbonyl (C=O) groups excluding carboxylic acids is 1. The number of primary amides is 1. The molecule has 0 unspecified atom stereocenters. The van der Waals surface area contributed by atoms with Crippen molar-refractivity contribution in [2.75, 3.05) is 32.6 Å². The first-order valence-electron chi connectivity index (χ1n) is 11.7. The quantitative estimate of drug-likeness (QED) is 0.487. The summed E-state index contributed by atoms with van der Waals surface area (Å²) in [5.74, 6) is 5.73. The number of methoxy groups -OCH3 is 1. The summed E-state index contributed by atoms with van der Waals surface area (Å²) in [6.07, 6.45) is 2.30. The molecular formula is C22H26ClN7O2. The number of aryl methyl sites for hydroxylation is 1. The van der Waals surface area contributed by atoms with Gasteiger partial charge in [-0.15, -0.1) is 0 Å². The SMILES string of the molecule is [2H]C([2H])([2H])OC[C@H]1C[C@H](n2nc(C#Cc3cc4ncn(CC)c4cc3Cl)c(C(N)=O)c2NC)CN1. The van der Waals surface area contributed by atoms with Gasteiger partial charge in [0.2, 0.25) is 0 Å². The lowest BCUT2D eigenvalue weighted by Gasteiger charge is -2.14. The normalized spacial score (nSPS) is 19.8. The Labute approximate surface area is 195 Å². The molecule has 2 atom stereocenters. The number of halogens is 1. The number of carbonyl (C=O) groups is 1. The number of nitrogens with zero attached hydrogens (tertiary/aromatic N) is 4. The van der Waals surface area contributed by atoms with Gasteiger partial charge >= 0.3 is 0 Å². The molecule has 1 aliphatic rings. The summed E-state index contributed by atoms with van der Waals surface area (Å²) < 4.78 is 30.2. The smallest absolute Gasteiger partial charge is 0.255 e. The molecule has 0 radical (unpaired) electrons. The summed E-state index contributed by atoms with van der Waals surface area (Å²) in [5, 5.41) is 11.3. The Morgan fingerprint density at radius 1 is 1.50 bits per heavy atom. The Morgan fingerprint density at radius 3 is 3.06 bits per heavy atom. The molecule has 0 spiro atoms. The van der Waals surface area contributed by atoms with Crippen LogP contribution in [-0.2, 0) is 11.3 Å². The highest BCUT2D eigenvalue weighted by molar-refractivity contribution is 6.32. The molecule has 2 aromatic heterocycles. The van der Waals surface area contributed by atoms with Gasteiger partial charge in [0.05, 0.1) is 39.1 Å². The molecule has 9 nitrogen and oxygen atoms in total. The van der Waals surface area contributed by atoms with E-state index in [0.29, 0.717) is 29.4 Å². The van der Waals surface area contributed by atoms with Crippen LogP contribution < -0.4 is 16.4 Å². The molecule has 4 N–H and O–H groups in total. The molecule has 4 rings (SSSR count). The minimum atomic E-state index is -2.46. The van der Waals surface area contributed by atoms with Crippen LogP contribution in [0.25, 0.3) is 11.0 Å². The van der Waals surface area contributed by atoms with Crippen molar-refractivity contribution < 1.29 is 13.6 Å². The molecular weight excluding hydrogens is 430 g/mol. The predicted molar refractivity (Wildman–Crippen MR) is 124 cm³/mol. The summed E-state index contributed by atoms with van der Waals surface area (Å²) in [6.45, 7) is 3.34. The second kappa shape index (κ2) is 9.20. The van der Waals surface area contributed by atoms with E-state index < -0.39 is 12.9 Å². The zero-order valence-electron chi connectivity index (χ0n) is 20.8. The van der Waals surface area contributed by atoms with Crippen LogP contribution in [0.4, 0.5) is 5.82 Å². The van der Waals surface area contributed by atoms with Crippen molar-refractivity contribution in [3.05, 3.63) is 40.3 Å². The van der Waals surface area contributed by atoms with Crippen LogP contribution in [0.3, 0.4) is 0 Å². The van der Waals surface area contributed by atoms with Gasteiger partial charge in [-0.2, -0.15) is 5.10 Å². The van der Waals surface area contributed by atoms with Crippen LogP contribution in [0.5, 0.6) is 0 Å². The number of aromatic nitrogens is 4. The Balaban J connectivity index is 1.65. The van der Waals surface area contributed by atoms with Gasteiger partial charge in [0.25, 0.3) is 5.91 Å². The summed E-state index contributed by atoms with van der Waals surface area (Å²) in [5.41, 5.74) is 8.31. The van der Waals surface area contributed by atoms with Gasteiger partial charge in [-0.25, -0.2) is 9.67 Å². The lowest BCUT2D eigenvalue weighted by atomic mass is 10.1. The van der Waals surface area contributed by atoms with Gasteiger partial charge in [0.1, 0.15) is 11.4 Å². The molecule has 3 heterocycles. The molecule has 1 fully saturated rings. The van der Waals surface area contributed by atoms with Crippen molar-refractivity contribution in [2.24, 2.45) is 5.73 Å². The summed E-state index contributed by atoms with van der Waals surface area (Å²) in [6, 6.07) is 3.28. The number of nitrogens with one attached hydrogen (secondary N) is 2. The molecule has 10 heteroatoms. The maximum Gasteiger partial charge on any atom is 0.255 e. The largest absolute Gasteiger partial charge is 0.383 e. The van der Waals surface area contributed by atoms with E-state index in [1.807, 2.05) is 17.6 Å². The van der Waals surface area contributed by atoms with E-state index in [0.717, 1.165) is 17.6 Å². The van der Waals surface area contributed by atoms with Crippen LogP contribution in [0.2, 0.25) is 5.02 Å². The fourth-order valence-corrected chi connectivity index (χ4v) is 4.23. The molecule has 1 aliphatic heterocycles. The van der Waals surface area contributed by atoms with E-state index in [4.69, 9.17) is 26.2 Å². The van der Waals surface area contributed by atoms with Gasteiger partial charge in [-0.3, -0.25) is 4.79 Å². The van der Waals surface area contributed by atoms with E-state index in [2.05, 4.69) is 32.6 Å². The maximum atomic E-state index is 12.3. The van der Waals surface area contributed by atoms with E-state index in [1.165, 1.54) is 0 Å². The second-order valence-electron chi connectivity index (χ2n) is 7.54. The number of amides is 1. The highest BCUT2D eigenvalue weighted by Gasteiger charge is 2.30. The molecule has 3 aromatic rings. The Morgan fingerprint density at radius 2 is 2.34 bits per heavy atom. The molecule has 168 valence electrons. The Hall–Kier alpha value is -3.06. The van der Waals surface area contributed by atoms with Gasteiger partial charge < -0.3 is 25.7 Å².